The second kappa shape index (κ2) is 7.85. The maximum absolute atomic E-state index is 13.0. The number of anilines is 1. The molecule has 0 radical (unpaired) electrons. The van der Waals surface area contributed by atoms with Crippen molar-refractivity contribution in [3.63, 3.8) is 0 Å². The topological polar surface area (TPSA) is 57.6 Å². The zero-order valence-electron chi connectivity index (χ0n) is 15.0. The van der Waals surface area contributed by atoms with Crippen LogP contribution in [-0.2, 0) is 9.59 Å². The molecule has 4 nitrogen and oxygen atoms in total. The molecule has 1 heterocycles. The number of nitrogens with zero attached hydrogens (tertiary/aromatic N) is 1. The first-order valence-corrected chi connectivity index (χ1v) is 10.0. The molecule has 1 fully saturated rings. The molecule has 6 heteroatoms. The van der Waals surface area contributed by atoms with Gasteiger partial charge in [0.2, 0.25) is 0 Å². The van der Waals surface area contributed by atoms with Crippen molar-refractivity contribution in [1.82, 2.24) is 0 Å². The normalized spacial score (nSPS) is 18.3. The number of Topliss-reactive ketones (excluding diaryl/α,β-unsaturated/α-hetero) is 1. The van der Waals surface area contributed by atoms with Gasteiger partial charge in [-0.15, -0.1) is 0 Å². The van der Waals surface area contributed by atoms with E-state index in [0.29, 0.717) is 16.3 Å². The van der Waals surface area contributed by atoms with Crippen LogP contribution in [0.5, 0.6) is 0 Å². The number of carbonyl (C=O) groups excluding carboxylic acids is 2. The molecule has 29 heavy (non-hydrogen) atoms. The van der Waals surface area contributed by atoms with Gasteiger partial charge in [0.05, 0.1) is 11.6 Å². The van der Waals surface area contributed by atoms with Crippen molar-refractivity contribution in [3.05, 3.63) is 105 Å². The second-order valence-electron chi connectivity index (χ2n) is 6.56. The van der Waals surface area contributed by atoms with Crippen molar-refractivity contribution >= 4 is 50.7 Å². The number of ketones is 1. The van der Waals surface area contributed by atoms with Gasteiger partial charge >= 0.3 is 0 Å². The van der Waals surface area contributed by atoms with Crippen LogP contribution >= 0.6 is 27.5 Å². The molecular formula is C23H15BrClNO3. The number of rotatable bonds is 3. The van der Waals surface area contributed by atoms with Gasteiger partial charge < -0.3 is 5.11 Å². The molecule has 1 N–H and O–H groups in total. The minimum Gasteiger partial charge on any atom is -0.507 e. The number of hydrogen-bond acceptors (Lipinski definition) is 3. The summed E-state index contributed by atoms with van der Waals surface area (Å²) in [5, 5.41) is 11.5. The fourth-order valence-corrected chi connectivity index (χ4v) is 3.80. The lowest BCUT2D eigenvalue weighted by molar-refractivity contribution is -0.132. The highest BCUT2D eigenvalue weighted by Crippen LogP contribution is 2.42. The molecule has 0 aliphatic carbocycles. The van der Waals surface area contributed by atoms with Crippen molar-refractivity contribution in [1.29, 1.82) is 0 Å². The molecule has 0 saturated carbocycles. The number of benzene rings is 3. The van der Waals surface area contributed by atoms with E-state index < -0.39 is 17.7 Å². The highest BCUT2D eigenvalue weighted by molar-refractivity contribution is 9.10. The Balaban J connectivity index is 1.93. The maximum atomic E-state index is 13.0. The zero-order chi connectivity index (χ0) is 20.5. The largest absolute Gasteiger partial charge is 0.507 e. The summed E-state index contributed by atoms with van der Waals surface area (Å²) in [5.74, 6) is -1.63. The van der Waals surface area contributed by atoms with E-state index in [9.17, 15) is 14.7 Å². The molecule has 1 aliphatic rings. The standard InChI is InChI=1S/C23H15BrClNO3/c24-16-8-6-15(7-9-16)21(27)19-20(14-4-2-1-3-5-14)26(23(29)22(19)28)18-12-10-17(25)11-13-18/h1-13,20,27H/b21-19+. The first-order valence-electron chi connectivity index (χ1n) is 8.85. The van der Waals surface area contributed by atoms with E-state index in [-0.39, 0.29) is 11.3 Å². The number of carbonyl (C=O) groups is 2. The van der Waals surface area contributed by atoms with Crippen molar-refractivity contribution in [2.75, 3.05) is 4.90 Å². The Morgan fingerprint density at radius 1 is 0.897 bits per heavy atom. The molecule has 1 saturated heterocycles. The fourth-order valence-electron chi connectivity index (χ4n) is 3.41. The Morgan fingerprint density at radius 2 is 1.52 bits per heavy atom. The van der Waals surface area contributed by atoms with Crippen molar-refractivity contribution < 1.29 is 14.7 Å². The Morgan fingerprint density at radius 3 is 2.14 bits per heavy atom. The average molecular weight is 469 g/mol. The summed E-state index contributed by atoms with van der Waals surface area (Å²) in [6, 6.07) is 22.0. The summed E-state index contributed by atoms with van der Waals surface area (Å²) >= 11 is 9.34. The third-order valence-corrected chi connectivity index (χ3v) is 5.56. The average Bonchev–Trinajstić information content (AvgIpc) is 3.00. The van der Waals surface area contributed by atoms with Gasteiger partial charge in [0.1, 0.15) is 5.76 Å². The van der Waals surface area contributed by atoms with Crippen LogP contribution in [0.1, 0.15) is 17.2 Å². The van der Waals surface area contributed by atoms with E-state index in [1.54, 1.807) is 48.5 Å². The number of aliphatic hydroxyl groups is 1. The second-order valence-corrected chi connectivity index (χ2v) is 7.92. The van der Waals surface area contributed by atoms with Crippen LogP contribution in [0.2, 0.25) is 5.02 Å². The number of hydrogen-bond donors (Lipinski definition) is 1. The lowest BCUT2D eigenvalue weighted by Gasteiger charge is -2.25. The van der Waals surface area contributed by atoms with Gasteiger partial charge in [0, 0.05) is 20.7 Å². The van der Waals surface area contributed by atoms with E-state index in [2.05, 4.69) is 15.9 Å². The fraction of sp³-hybridized carbons (Fsp3) is 0.0435. The Kier molecular flexibility index (Phi) is 5.26. The summed E-state index contributed by atoms with van der Waals surface area (Å²) < 4.78 is 0.843. The van der Waals surface area contributed by atoms with E-state index in [4.69, 9.17) is 11.6 Å². The summed E-state index contributed by atoms with van der Waals surface area (Å²) in [7, 11) is 0. The van der Waals surface area contributed by atoms with Gasteiger partial charge in [-0.05, 0) is 42.0 Å². The molecule has 1 amide bonds. The Labute approximate surface area is 181 Å². The summed E-state index contributed by atoms with van der Waals surface area (Å²) in [4.78, 5) is 27.3. The number of amides is 1. The van der Waals surface area contributed by atoms with E-state index >= 15 is 0 Å². The van der Waals surface area contributed by atoms with Gasteiger partial charge in [0.25, 0.3) is 11.7 Å². The van der Waals surface area contributed by atoms with Crippen molar-refractivity contribution in [3.8, 4) is 0 Å². The third kappa shape index (κ3) is 3.59. The molecule has 1 atom stereocenters. The Bertz CT molecular complexity index is 1110. The van der Waals surface area contributed by atoms with Crippen LogP contribution in [-0.4, -0.2) is 16.8 Å². The first kappa shape index (κ1) is 19.4. The molecule has 4 rings (SSSR count). The minimum atomic E-state index is -0.749. The van der Waals surface area contributed by atoms with E-state index in [0.717, 1.165) is 10.0 Å². The maximum Gasteiger partial charge on any atom is 0.300 e. The Hall–Kier alpha value is -2.89. The van der Waals surface area contributed by atoms with Crippen LogP contribution in [0, 0.1) is 0 Å². The third-order valence-electron chi connectivity index (χ3n) is 4.78. The predicted octanol–water partition coefficient (Wildman–Crippen LogP) is 5.73. The quantitative estimate of drug-likeness (QED) is 0.303. The van der Waals surface area contributed by atoms with Gasteiger partial charge in [0.15, 0.2) is 0 Å². The van der Waals surface area contributed by atoms with Gasteiger partial charge in [-0.3, -0.25) is 14.5 Å². The molecule has 0 spiro atoms. The van der Waals surface area contributed by atoms with Gasteiger partial charge in [-0.1, -0.05) is 70.0 Å². The minimum absolute atomic E-state index is 0.0541. The molecule has 144 valence electrons. The number of aliphatic hydroxyl groups excluding tert-OH is 1. The van der Waals surface area contributed by atoms with Crippen LogP contribution in [0.4, 0.5) is 5.69 Å². The van der Waals surface area contributed by atoms with Crippen LogP contribution in [0.15, 0.2) is 88.9 Å². The summed E-state index contributed by atoms with van der Waals surface area (Å²) in [6.07, 6.45) is 0. The SMILES string of the molecule is O=C1C(=O)N(c2ccc(Cl)cc2)C(c2ccccc2)/C1=C(\O)c1ccc(Br)cc1. The van der Waals surface area contributed by atoms with Crippen LogP contribution < -0.4 is 4.90 Å². The highest BCUT2D eigenvalue weighted by Gasteiger charge is 2.46. The van der Waals surface area contributed by atoms with Crippen molar-refractivity contribution in [2.24, 2.45) is 0 Å². The van der Waals surface area contributed by atoms with E-state index in [1.807, 2.05) is 30.3 Å². The smallest absolute Gasteiger partial charge is 0.300 e. The molecule has 1 unspecified atom stereocenters. The molecule has 0 aromatic heterocycles. The predicted molar refractivity (Wildman–Crippen MR) is 117 cm³/mol. The molecule has 1 aliphatic heterocycles. The lowest BCUT2D eigenvalue weighted by Crippen LogP contribution is -2.29. The van der Waals surface area contributed by atoms with Crippen LogP contribution in [0.3, 0.4) is 0 Å². The molecule has 3 aromatic carbocycles. The zero-order valence-corrected chi connectivity index (χ0v) is 17.4. The van der Waals surface area contributed by atoms with Crippen molar-refractivity contribution in [2.45, 2.75) is 6.04 Å². The first-order chi connectivity index (χ1) is 14.0. The lowest BCUT2D eigenvalue weighted by atomic mass is 9.95. The summed E-state index contributed by atoms with van der Waals surface area (Å²) in [6.45, 7) is 0. The van der Waals surface area contributed by atoms with Gasteiger partial charge in [-0.2, -0.15) is 0 Å². The van der Waals surface area contributed by atoms with Gasteiger partial charge in [-0.25, -0.2) is 0 Å². The number of halogens is 2. The summed E-state index contributed by atoms with van der Waals surface area (Å²) in [5.41, 5.74) is 1.77. The molecular weight excluding hydrogens is 454 g/mol. The van der Waals surface area contributed by atoms with E-state index in [1.165, 1.54) is 4.90 Å². The molecule has 0 bridgehead atoms. The van der Waals surface area contributed by atoms with Crippen LogP contribution in [0.25, 0.3) is 5.76 Å². The monoisotopic (exact) mass is 467 g/mol. The molecule has 3 aromatic rings. The highest BCUT2D eigenvalue weighted by atomic mass is 79.9.